The molecule has 0 radical (unpaired) electrons. The van der Waals surface area contributed by atoms with E-state index in [0.29, 0.717) is 17.9 Å². The molecule has 0 bridgehead atoms. The monoisotopic (exact) mass is 266 g/mol. The molecular weight excluding hydrogens is 240 g/mol. The first-order valence-electron chi connectivity index (χ1n) is 7.21. The SMILES string of the molecule is CCC1CN(Cc2noc(C(C)(C)C)n2)CCC1N. The van der Waals surface area contributed by atoms with Gasteiger partial charge in [-0.1, -0.05) is 39.3 Å². The van der Waals surface area contributed by atoms with Gasteiger partial charge in [0.1, 0.15) is 0 Å². The second-order valence-electron chi connectivity index (χ2n) is 6.62. The molecule has 19 heavy (non-hydrogen) atoms. The molecule has 0 amide bonds. The van der Waals surface area contributed by atoms with Crippen LogP contribution in [-0.4, -0.2) is 34.2 Å². The van der Waals surface area contributed by atoms with E-state index in [0.717, 1.165) is 38.3 Å². The van der Waals surface area contributed by atoms with Crippen LogP contribution in [0.3, 0.4) is 0 Å². The van der Waals surface area contributed by atoms with Gasteiger partial charge in [-0.3, -0.25) is 4.90 Å². The fraction of sp³-hybridized carbons (Fsp3) is 0.857. The molecule has 2 heterocycles. The highest BCUT2D eigenvalue weighted by molar-refractivity contribution is 4.98. The van der Waals surface area contributed by atoms with Crippen LogP contribution in [0.5, 0.6) is 0 Å². The lowest BCUT2D eigenvalue weighted by molar-refractivity contribution is 0.141. The number of hydrogen-bond donors (Lipinski definition) is 1. The highest BCUT2D eigenvalue weighted by Gasteiger charge is 2.27. The first kappa shape index (κ1) is 14.5. The van der Waals surface area contributed by atoms with E-state index in [9.17, 15) is 0 Å². The van der Waals surface area contributed by atoms with Gasteiger partial charge >= 0.3 is 0 Å². The van der Waals surface area contributed by atoms with Crippen molar-refractivity contribution >= 4 is 0 Å². The molecule has 1 fully saturated rings. The van der Waals surface area contributed by atoms with E-state index in [1.54, 1.807) is 0 Å². The van der Waals surface area contributed by atoms with Gasteiger partial charge in [0.15, 0.2) is 5.82 Å². The minimum absolute atomic E-state index is 0.0819. The van der Waals surface area contributed by atoms with Gasteiger partial charge in [0.05, 0.1) is 6.54 Å². The quantitative estimate of drug-likeness (QED) is 0.905. The van der Waals surface area contributed by atoms with Crippen LogP contribution in [-0.2, 0) is 12.0 Å². The Morgan fingerprint density at radius 2 is 2.16 bits per heavy atom. The third kappa shape index (κ3) is 3.54. The number of aromatic nitrogens is 2. The summed E-state index contributed by atoms with van der Waals surface area (Å²) in [5.41, 5.74) is 6.05. The lowest BCUT2D eigenvalue weighted by Gasteiger charge is -2.35. The second kappa shape index (κ2) is 5.59. The van der Waals surface area contributed by atoms with Gasteiger partial charge < -0.3 is 10.3 Å². The van der Waals surface area contributed by atoms with Gasteiger partial charge in [0.2, 0.25) is 5.89 Å². The summed E-state index contributed by atoms with van der Waals surface area (Å²) in [6.45, 7) is 11.3. The zero-order valence-electron chi connectivity index (χ0n) is 12.5. The summed E-state index contributed by atoms with van der Waals surface area (Å²) in [7, 11) is 0. The second-order valence-corrected chi connectivity index (χ2v) is 6.62. The lowest BCUT2D eigenvalue weighted by atomic mass is 9.91. The molecule has 1 saturated heterocycles. The lowest BCUT2D eigenvalue weighted by Crippen LogP contribution is -2.46. The molecule has 2 atom stereocenters. The van der Waals surface area contributed by atoms with Crippen molar-refractivity contribution in [3.05, 3.63) is 11.7 Å². The minimum atomic E-state index is -0.0819. The Labute approximate surface area is 115 Å². The predicted octanol–water partition coefficient (Wildman–Crippen LogP) is 1.93. The number of nitrogens with two attached hydrogens (primary N) is 1. The van der Waals surface area contributed by atoms with E-state index in [-0.39, 0.29) is 5.41 Å². The van der Waals surface area contributed by atoms with Crippen molar-refractivity contribution in [2.24, 2.45) is 11.7 Å². The van der Waals surface area contributed by atoms with E-state index in [1.807, 2.05) is 0 Å². The fourth-order valence-corrected chi connectivity index (χ4v) is 2.52. The summed E-state index contributed by atoms with van der Waals surface area (Å²) in [6.07, 6.45) is 2.19. The van der Waals surface area contributed by atoms with Crippen LogP contribution < -0.4 is 5.73 Å². The molecule has 2 unspecified atom stereocenters. The normalized spacial score (nSPS) is 25.7. The molecule has 0 aliphatic carbocycles. The maximum atomic E-state index is 6.13. The largest absolute Gasteiger partial charge is 0.339 e. The van der Waals surface area contributed by atoms with Crippen molar-refractivity contribution in [2.75, 3.05) is 13.1 Å². The van der Waals surface area contributed by atoms with Crippen molar-refractivity contribution < 1.29 is 4.52 Å². The first-order valence-corrected chi connectivity index (χ1v) is 7.21. The van der Waals surface area contributed by atoms with Gasteiger partial charge in [0.25, 0.3) is 0 Å². The van der Waals surface area contributed by atoms with E-state index < -0.39 is 0 Å². The van der Waals surface area contributed by atoms with Crippen LogP contribution in [0, 0.1) is 5.92 Å². The van der Waals surface area contributed by atoms with Crippen LogP contribution in [0.25, 0.3) is 0 Å². The molecule has 2 rings (SSSR count). The highest BCUT2D eigenvalue weighted by atomic mass is 16.5. The van der Waals surface area contributed by atoms with Crippen LogP contribution in [0.15, 0.2) is 4.52 Å². The van der Waals surface area contributed by atoms with Crippen LogP contribution in [0.4, 0.5) is 0 Å². The molecule has 0 aromatic carbocycles. The summed E-state index contributed by atoms with van der Waals surface area (Å²) in [6, 6.07) is 0.344. The third-order valence-electron chi connectivity index (χ3n) is 3.88. The molecule has 1 aliphatic heterocycles. The van der Waals surface area contributed by atoms with Crippen molar-refractivity contribution in [2.45, 2.75) is 58.5 Å². The van der Waals surface area contributed by atoms with Crippen molar-refractivity contribution in [3.8, 4) is 0 Å². The van der Waals surface area contributed by atoms with E-state index in [1.165, 1.54) is 0 Å². The molecule has 2 N–H and O–H groups in total. The van der Waals surface area contributed by atoms with Crippen molar-refractivity contribution in [3.63, 3.8) is 0 Å². The number of likely N-dealkylation sites (tertiary alicyclic amines) is 1. The smallest absolute Gasteiger partial charge is 0.232 e. The number of nitrogens with zero attached hydrogens (tertiary/aromatic N) is 3. The van der Waals surface area contributed by atoms with E-state index >= 15 is 0 Å². The molecule has 108 valence electrons. The van der Waals surface area contributed by atoms with Crippen LogP contribution >= 0.6 is 0 Å². The molecule has 1 aliphatic rings. The standard InChI is InChI=1S/C14H26N4O/c1-5-10-8-18(7-6-11(10)15)9-12-16-13(19-17-12)14(2,3)4/h10-11H,5-9,15H2,1-4H3. The summed E-state index contributed by atoms with van der Waals surface area (Å²) in [5, 5.41) is 4.09. The van der Waals surface area contributed by atoms with Gasteiger partial charge in [0, 0.05) is 24.5 Å². The Morgan fingerprint density at radius 1 is 1.42 bits per heavy atom. The molecular formula is C14H26N4O. The van der Waals surface area contributed by atoms with Gasteiger partial charge in [-0.05, 0) is 12.3 Å². The maximum absolute atomic E-state index is 6.13. The maximum Gasteiger partial charge on any atom is 0.232 e. The Hall–Kier alpha value is -0.940. The summed E-state index contributed by atoms with van der Waals surface area (Å²) < 4.78 is 5.33. The molecule has 1 aromatic heterocycles. The molecule has 0 spiro atoms. The topological polar surface area (TPSA) is 68.2 Å². The summed E-state index contributed by atoms with van der Waals surface area (Å²) in [4.78, 5) is 6.88. The fourth-order valence-electron chi connectivity index (χ4n) is 2.52. The minimum Gasteiger partial charge on any atom is -0.339 e. The molecule has 1 aromatic rings. The summed E-state index contributed by atoms with van der Waals surface area (Å²) >= 11 is 0. The zero-order chi connectivity index (χ0) is 14.0. The van der Waals surface area contributed by atoms with E-state index in [4.69, 9.17) is 10.3 Å². The van der Waals surface area contributed by atoms with Crippen molar-refractivity contribution in [1.29, 1.82) is 0 Å². The van der Waals surface area contributed by atoms with Crippen LogP contribution in [0.2, 0.25) is 0 Å². The van der Waals surface area contributed by atoms with Gasteiger partial charge in [-0.2, -0.15) is 4.98 Å². The number of piperidine rings is 1. The Bertz CT molecular complexity index is 410. The van der Waals surface area contributed by atoms with Gasteiger partial charge in [-0.15, -0.1) is 0 Å². The first-order chi connectivity index (χ1) is 8.90. The summed E-state index contributed by atoms with van der Waals surface area (Å²) in [5.74, 6) is 2.08. The molecule has 0 saturated carbocycles. The average Bonchev–Trinajstić information content (AvgIpc) is 2.80. The molecule has 5 heteroatoms. The van der Waals surface area contributed by atoms with E-state index in [2.05, 4.69) is 42.7 Å². The average molecular weight is 266 g/mol. The highest BCUT2D eigenvalue weighted by Crippen LogP contribution is 2.22. The van der Waals surface area contributed by atoms with Gasteiger partial charge in [-0.25, -0.2) is 0 Å². The van der Waals surface area contributed by atoms with Crippen LogP contribution in [0.1, 0.15) is 52.3 Å². The molecule has 5 nitrogen and oxygen atoms in total. The number of rotatable bonds is 3. The zero-order valence-corrected chi connectivity index (χ0v) is 12.5. The Balaban J connectivity index is 1.96. The van der Waals surface area contributed by atoms with Crippen molar-refractivity contribution in [1.82, 2.24) is 15.0 Å². The third-order valence-corrected chi connectivity index (χ3v) is 3.88. The Morgan fingerprint density at radius 3 is 2.74 bits per heavy atom. The number of hydrogen-bond acceptors (Lipinski definition) is 5. The predicted molar refractivity (Wildman–Crippen MR) is 74.6 cm³/mol. The Kier molecular flexibility index (Phi) is 4.26.